The fourth-order valence-corrected chi connectivity index (χ4v) is 5.21. The SMILES string of the molecule is C=N/C(=C1/c2cc[nH]c2N=CN1C)[C@H]1CC[C@H](CNC2(c3ccc(F)cc3)CC2)CC1. The molecule has 0 saturated heterocycles. The first-order valence-electron chi connectivity index (χ1n) is 11.3. The minimum atomic E-state index is -0.166. The number of nitrogens with zero attached hydrogens (tertiary/aromatic N) is 3. The number of aromatic nitrogens is 1. The maximum Gasteiger partial charge on any atom is 0.141 e. The Morgan fingerprint density at radius 3 is 2.65 bits per heavy atom. The third-order valence-electron chi connectivity index (χ3n) is 7.22. The Morgan fingerprint density at radius 1 is 1.23 bits per heavy atom. The zero-order valence-corrected chi connectivity index (χ0v) is 18.1. The van der Waals surface area contributed by atoms with E-state index in [0.717, 1.165) is 55.0 Å². The summed E-state index contributed by atoms with van der Waals surface area (Å²) >= 11 is 0. The van der Waals surface area contributed by atoms with E-state index in [0.29, 0.717) is 11.8 Å². The summed E-state index contributed by atoms with van der Waals surface area (Å²) in [5.41, 5.74) is 4.60. The highest BCUT2D eigenvalue weighted by Crippen LogP contribution is 2.46. The van der Waals surface area contributed by atoms with Gasteiger partial charge in [-0.3, -0.25) is 4.99 Å². The second kappa shape index (κ2) is 8.08. The van der Waals surface area contributed by atoms with E-state index in [1.54, 1.807) is 12.1 Å². The number of fused-ring (bicyclic) bond motifs is 1. The molecule has 0 spiro atoms. The molecule has 2 aromatic rings. The summed E-state index contributed by atoms with van der Waals surface area (Å²) in [4.78, 5) is 14.2. The number of nitrogens with one attached hydrogen (secondary N) is 2. The Bertz CT molecular complexity index is 1010. The predicted molar refractivity (Wildman–Crippen MR) is 124 cm³/mol. The van der Waals surface area contributed by atoms with Crippen LogP contribution in [0.2, 0.25) is 0 Å². The van der Waals surface area contributed by atoms with Crippen LogP contribution in [-0.2, 0) is 5.54 Å². The van der Waals surface area contributed by atoms with Gasteiger partial charge in [-0.25, -0.2) is 9.38 Å². The number of rotatable bonds is 6. The maximum atomic E-state index is 13.3. The molecule has 2 fully saturated rings. The summed E-state index contributed by atoms with van der Waals surface area (Å²) in [5.74, 6) is 1.81. The molecular weight excluding hydrogens is 389 g/mol. The van der Waals surface area contributed by atoms with Gasteiger partial charge in [-0.05, 0) is 81.5 Å². The third-order valence-corrected chi connectivity index (χ3v) is 7.22. The molecule has 2 aliphatic carbocycles. The van der Waals surface area contributed by atoms with Crippen molar-refractivity contribution in [3.8, 4) is 0 Å². The number of aromatic amines is 1. The second-order valence-electron chi connectivity index (χ2n) is 9.17. The van der Waals surface area contributed by atoms with Crippen molar-refractivity contribution in [3.05, 3.63) is 59.2 Å². The summed E-state index contributed by atoms with van der Waals surface area (Å²) in [6.07, 6.45) is 10.7. The first-order chi connectivity index (χ1) is 15.1. The number of hydrogen-bond donors (Lipinski definition) is 2. The van der Waals surface area contributed by atoms with Crippen LogP contribution in [0.25, 0.3) is 5.70 Å². The van der Waals surface area contributed by atoms with Crippen molar-refractivity contribution in [3.63, 3.8) is 0 Å². The average molecular weight is 420 g/mol. The third kappa shape index (κ3) is 3.85. The van der Waals surface area contributed by atoms with E-state index in [4.69, 9.17) is 0 Å². The summed E-state index contributed by atoms with van der Waals surface area (Å²) in [5, 5.41) is 3.81. The maximum absolute atomic E-state index is 13.3. The van der Waals surface area contributed by atoms with E-state index in [9.17, 15) is 4.39 Å². The van der Waals surface area contributed by atoms with Gasteiger partial charge in [-0.1, -0.05) is 12.1 Å². The van der Waals surface area contributed by atoms with Crippen LogP contribution in [0.4, 0.5) is 10.2 Å². The van der Waals surface area contributed by atoms with E-state index >= 15 is 0 Å². The topological polar surface area (TPSA) is 55.8 Å². The Kier molecular flexibility index (Phi) is 5.26. The highest BCUT2D eigenvalue weighted by Gasteiger charge is 2.44. The van der Waals surface area contributed by atoms with Gasteiger partial charge >= 0.3 is 0 Å². The molecule has 0 unspecified atom stereocenters. The van der Waals surface area contributed by atoms with E-state index in [2.05, 4.69) is 38.0 Å². The van der Waals surface area contributed by atoms with Crippen molar-refractivity contribution in [2.75, 3.05) is 13.6 Å². The summed E-state index contributed by atoms with van der Waals surface area (Å²) in [7, 11) is 2.03. The van der Waals surface area contributed by atoms with E-state index in [1.165, 1.54) is 18.4 Å². The summed E-state index contributed by atoms with van der Waals surface area (Å²) in [6.45, 7) is 4.93. The second-order valence-corrected chi connectivity index (χ2v) is 9.17. The van der Waals surface area contributed by atoms with Crippen LogP contribution < -0.4 is 5.32 Å². The van der Waals surface area contributed by atoms with Crippen LogP contribution in [0.3, 0.4) is 0 Å². The van der Waals surface area contributed by atoms with Crippen molar-refractivity contribution in [1.29, 1.82) is 0 Å². The summed E-state index contributed by atoms with van der Waals surface area (Å²) < 4.78 is 13.3. The minimum Gasteiger partial charge on any atom is -0.346 e. The molecular formula is C25H30FN5. The Labute approximate surface area is 183 Å². The molecule has 5 nitrogen and oxygen atoms in total. The van der Waals surface area contributed by atoms with Crippen molar-refractivity contribution in [2.45, 2.75) is 44.1 Å². The van der Waals surface area contributed by atoms with Gasteiger partial charge in [0.1, 0.15) is 11.6 Å². The van der Waals surface area contributed by atoms with Crippen LogP contribution in [0.5, 0.6) is 0 Å². The molecule has 31 heavy (non-hydrogen) atoms. The lowest BCUT2D eigenvalue weighted by molar-refractivity contribution is 0.279. The van der Waals surface area contributed by atoms with Crippen molar-refractivity contribution in [2.24, 2.45) is 21.8 Å². The number of hydrogen-bond acceptors (Lipinski definition) is 4. The number of benzene rings is 1. The molecule has 1 aromatic carbocycles. The summed E-state index contributed by atoms with van der Waals surface area (Å²) in [6, 6.07) is 9.08. The molecule has 2 saturated carbocycles. The van der Waals surface area contributed by atoms with Gasteiger partial charge in [-0.2, -0.15) is 0 Å². The molecule has 0 amide bonds. The molecule has 0 radical (unpaired) electrons. The number of aliphatic imine (C=N–C) groups is 2. The number of H-pyrrole nitrogens is 1. The molecule has 6 heteroatoms. The largest absolute Gasteiger partial charge is 0.346 e. The van der Waals surface area contributed by atoms with Crippen molar-refractivity contribution in [1.82, 2.24) is 15.2 Å². The van der Waals surface area contributed by atoms with E-state index < -0.39 is 0 Å². The van der Waals surface area contributed by atoms with Gasteiger partial charge in [0, 0.05) is 30.3 Å². The van der Waals surface area contributed by atoms with Gasteiger partial charge in [0.2, 0.25) is 0 Å². The Morgan fingerprint density at radius 2 is 1.97 bits per heavy atom. The van der Waals surface area contributed by atoms with Crippen LogP contribution in [0, 0.1) is 17.7 Å². The Balaban J connectivity index is 1.23. The highest BCUT2D eigenvalue weighted by molar-refractivity contribution is 5.87. The molecule has 5 rings (SSSR count). The van der Waals surface area contributed by atoms with Crippen LogP contribution in [0.1, 0.15) is 49.7 Å². The number of halogens is 1. The lowest BCUT2D eigenvalue weighted by Crippen LogP contribution is -2.35. The van der Waals surface area contributed by atoms with Crippen molar-refractivity contribution < 1.29 is 4.39 Å². The highest BCUT2D eigenvalue weighted by atomic mass is 19.1. The van der Waals surface area contributed by atoms with E-state index in [-0.39, 0.29) is 11.4 Å². The number of allylic oxidation sites excluding steroid dienone is 1. The van der Waals surface area contributed by atoms with E-state index in [1.807, 2.05) is 31.7 Å². The normalized spacial score (nSPS) is 25.8. The fourth-order valence-electron chi connectivity index (χ4n) is 5.21. The Hall–Kier alpha value is -2.73. The average Bonchev–Trinajstić information content (AvgIpc) is 3.43. The lowest BCUT2D eigenvalue weighted by atomic mass is 9.79. The lowest BCUT2D eigenvalue weighted by Gasteiger charge is -2.33. The van der Waals surface area contributed by atoms with Gasteiger partial charge in [0.25, 0.3) is 0 Å². The first-order valence-corrected chi connectivity index (χ1v) is 11.3. The fraction of sp³-hybridized carbons (Fsp3) is 0.440. The van der Waals surface area contributed by atoms with Crippen LogP contribution >= 0.6 is 0 Å². The molecule has 3 aliphatic rings. The molecule has 1 aromatic heterocycles. The monoisotopic (exact) mass is 419 g/mol. The quantitative estimate of drug-likeness (QED) is 0.631. The smallest absolute Gasteiger partial charge is 0.141 e. The zero-order valence-electron chi connectivity index (χ0n) is 18.1. The van der Waals surface area contributed by atoms with Gasteiger partial charge in [0.15, 0.2) is 0 Å². The van der Waals surface area contributed by atoms with Crippen LogP contribution in [0.15, 0.2) is 52.2 Å². The molecule has 2 heterocycles. The predicted octanol–water partition coefficient (Wildman–Crippen LogP) is 5.21. The van der Waals surface area contributed by atoms with Gasteiger partial charge < -0.3 is 15.2 Å². The van der Waals surface area contributed by atoms with Gasteiger partial charge in [-0.15, -0.1) is 0 Å². The zero-order chi connectivity index (χ0) is 21.4. The standard InChI is InChI=1S/C25H30FN5/c1-27-22(23-21-11-14-28-24(21)29-16-31(23)2)18-5-3-17(4-6-18)15-30-25(12-13-25)19-7-9-20(26)10-8-19/h7-11,14,16-18,28,30H,1,3-6,12-13,15H2,2H3/b23-22-/t17-,18-. The molecule has 1 aliphatic heterocycles. The van der Waals surface area contributed by atoms with Gasteiger partial charge in [0.05, 0.1) is 17.7 Å². The molecule has 162 valence electrons. The first kappa shape index (κ1) is 20.2. The molecule has 0 atom stereocenters. The van der Waals surface area contributed by atoms with Crippen molar-refractivity contribution >= 4 is 24.6 Å². The minimum absolute atomic E-state index is 0.0647. The van der Waals surface area contributed by atoms with Crippen LogP contribution in [-0.4, -0.2) is 36.5 Å². The molecule has 0 bridgehead atoms. The molecule has 2 N–H and O–H groups in total.